The van der Waals surface area contributed by atoms with Crippen LogP contribution in [-0.4, -0.2) is 42.5 Å². The predicted molar refractivity (Wildman–Crippen MR) is 80.9 cm³/mol. The number of sulfonamides is 1. The smallest absolute Gasteiger partial charge is 0.243 e. The van der Waals surface area contributed by atoms with E-state index in [0.717, 1.165) is 6.07 Å². The molecule has 0 aliphatic carbocycles. The summed E-state index contributed by atoms with van der Waals surface area (Å²) in [5, 5.41) is 8.93. The minimum atomic E-state index is -3.84. The van der Waals surface area contributed by atoms with Crippen LogP contribution in [0.4, 0.5) is 4.39 Å². The standard InChI is InChI=1S/C13H17FN2O3S2/c14-10-2-1-3-11(12(10)13(15)20)21(18,19)16-6-4-9(8-16)5-7-17/h1-3,9,17H,4-8H2,(H2,15,20). The molecule has 0 radical (unpaired) electrons. The maximum Gasteiger partial charge on any atom is 0.243 e. The molecule has 1 saturated heterocycles. The minimum Gasteiger partial charge on any atom is -0.396 e. The summed E-state index contributed by atoms with van der Waals surface area (Å²) in [6, 6.07) is 3.77. The summed E-state index contributed by atoms with van der Waals surface area (Å²) in [4.78, 5) is -0.475. The highest BCUT2D eigenvalue weighted by Crippen LogP contribution is 2.28. The van der Waals surface area contributed by atoms with Crippen molar-refractivity contribution in [1.29, 1.82) is 0 Å². The SMILES string of the molecule is NC(=S)c1c(F)cccc1S(=O)(=O)N1CCC(CCO)C1. The summed E-state index contributed by atoms with van der Waals surface area (Å²) in [5.41, 5.74) is 5.22. The van der Waals surface area contributed by atoms with Crippen LogP contribution in [0.15, 0.2) is 23.1 Å². The second-order valence-corrected chi connectivity index (χ2v) is 7.35. The van der Waals surface area contributed by atoms with Gasteiger partial charge in [0.2, 0.25) is 10.0 Å². The van der Waals surface area contributed by atoms with Gasteiger partial charge in [-0.2, -0.15) is 4.31 Å². The third kappa shape index (κ3) is 3.23. The van der Waals surface area contributed by atoms with Gasteiger partial charge >= 0.3 is 0 Å². The summed E-state index contributed by atoms with van der Waals surface area (Å²) in [7, 11) is -3.84. The maximum absolute atomic E-state index is 13.8. The van der Waals surface area contributed by atoms with Crippen molar-refractivity contribution in [2.45, 2.75) is 17.7 Å². The van der Waals surface area contributed by atoms with Gasteiger partial charge in [-0.15, -0.1) is 0 Å². The molecule has 0 bridgehead atoms. The van der Waals surface area contributed by atoms with Crippen LogP contribution in [-0.2, 0) is 10.0 Å². The lowest BCUT2D eigenvalue weighted by atomic mass is 10.1. The molecule has 1 heterocycles. The zero-order valence-electron chi connectivity index (χ0n) is 11.3. The fourth-order valence-electron chi connectivity index (χ4n) is 2.53. The molecular weight excluding hydrogens is 315 g/mol. The number of aliphatic hydroxyl groups excluding tert-OH is 1. The normalized spacial score (nSPS) is 19.8. The number of benzene rings is 1. The third-order valence-corrected chi connectivity index (χ3v) is 5.74. The molecule has 21 heavy (non-hydrogen) atoms. The second kappa shape index (κ2) is 6.35. The Bertz CT molecular complexity index is 649. The predicted octanol–water partition coefficient (Wildman–Crippen LogP) is 0.853. The zero-order valence-corrected chi connectivity index (χ0v) is 13.0. The van der Waals surface area contributed by atoms with E-state index in [-0.39, 0.29) is 28.0 Å². The van der Waals surface area contributed by atoms with Crippen LogP contribution in [0.2, 0.25) is 0 Å². The van der Waals surface area contributed by atoms with Crippen molar-refractivity contribution in [1.82, 2.24) is 4.31 Å². The minimum absolute atomic E-state index is 0.0245. The summed E-state index contributed by atoms with van der Waals surface area (Å²) >= 11 is 4.77. The molecule has 0 saturated carbocycles. The van der Waals surface area contributed by atoms with E-state index in [0.29, 0.717) is 25.9 Å². The van der Waals surface area contributed by atoms with Crippen LogP contribution >= 0.6 is 12.2 Å². The summed E-state index contributed by atoms with van der Waals surface area (Å²) in [5.74, 6) is -0.624. The van der Waals surface area contributed by atoms with Crippen LogP contribution in [0.1, 0.15) is 18.4 Å². The van der Waals surface area contributed by atoms with Crippen LogP contribution in [0.25, 0.3) is 0 Å². The molecule has 1 aromatic rings. The Morgan fingerprint density at radius 2 is 2.24 bits per heavy atom. The van der Waals surface area contributed by atoms with Crippen LogP contribution in [0.5, 0.6) is 0 Å². The second-order valence-electron chi connectivity index (χ2n) is 5.01. The molecule has 1 aliphatic rings. The summed E-state index contributed by atoms with van der Waals surface area (Å²) in [6.45, 7) is 0.688. The molecule has 1 fully saturated rings. The Balaban J connectivity index is 2.38. The number of thiocarbonyl (C=S) groups is 1. The fraction of sp³-hybridized carbons (Fsp3) is 0.462. The lowest BCUT2D eigenvalue weighted by Gasteiger charge is -2.18. The number of halogens is 1. The Morgan fingerprint density at radius 1 is 1.52 bits per heavy atom. The molecule has 1 unspecified atom stereocenters. The topological polar surface area (TPSA) is 83.6 Å². The Morgan fingerprint density at radius 3 is 2.86 bits per heavy atom. The number of nitrogens with two attached hydrogens (primary N) is 1. The van der Waals surface area contributed by atoms with Crippen LogP contribution in [0.3, 0.4) is 0 Å². The van der Waals surface area contributed by atoms with Crippen molar-refractivity contribution in [3.8, 4) is 0 Å². The molecule has 2 rings (SSSR count). The van der Waals surface area contributed by atoms with Crippen LogP contribution < -0.4 is 5.73 Å². The number of nitrogens with zero attached hydrogens (tertiary/aromatic N) is 1. The van der Waals surface area contributed by atoms with Gasteiger partial charge in [-0.3, -0.25) is 0 Å². The first-order valence-electron chi connectivity index (χ1n) is 6.57. The van der Waals surface area contributed by atoms with Gasteiger partial charge in [-0.1, -0.05) is 18.3 Å². The molecular formula is C13H17FN2O3S2. The van der Waals surface area contributed by atoms with E-state index >= 15 is 0 Å². The third-order valence-electron chi connectivity index (χ3n) is 3.63. The average Bonchev–Trinajstić information content (AvgIpc) is 2.87. The van der Waals surface area contributed by atoms with Crippen LogP contribution in [0, 0.1) is 11.7 Å². The maximum atomic E-state index is 13.8. The Labute approximate surface area is 128 Å². The molecule has 1 atom stereocenters. The van der Waals surface area contributed by atoms with Gasteiger partial charge in [0, 0.05) is 19.7 Å². The number of hydrogen-bond acceptors (Lipinski definition) is 4. The van der Waals surface area contributed by atoms with Crippen molar-refractivity contribution in [3.63, 3.8) is 0 Å². The highest BCUT2D eigenvalue weighted by molar-refractivity contribution is 7.89. The molecule has 0 amide bonds. The van der Waals surface area contributed by atoms with Crippen molar-refractivity contribution >= 4 is 27.2 Å². The van der Waals surface area contributed by atoms with E-state index in [1.54, 1.807) is 0 Å². The van der Waals surface area contributed by atoms with Gasteiger partial charge in [0.25, 0.3) is 0 Å². The first kappa shape index (κ1) is 16.3. The van der Waals surface area contributed by atoms with E-state index in [9.17, 15) is 12.8 Å². The highest BCUT2D eigenvalue weighted by atomic mass is 32.2. The van der Waals surface area contributed by atoms with Gasteiger partial charge < -0.3 is 10.8 Å². The van der Waals surface area contributed by atoms with E-state index < -0.39 is 15.8 Å². The van der Waals surface area contributed by atoms with Gasteiger partial charge in [-0.05, 0) is 30.9 Å². The highest BCUT2D eigenvalue weighted by Gasteiger charge is 2.34. The first-order chi connectivity index (χ1) is 9.87. The fourth-order valence-corrected chi connectivity index (χ4v) is 4.55. The van der Waals surface area contributed by atoms with Gasteiger partial charge in [0.1, 0.15) is 10.8 Å². The molecule has 5 nitrogen and oxygen atoms in total. The molecule has 8 heteroatoms. The van der Waals surface area contributed by atoms with Crippen molar-refractivity contribution < 1.29 is 17.9 Å². The molecule has 0 spiro atoms. The van der Waals surface area contributed by atoms with Gasteiger partial charge in [0.15, 0.2) is 0 Å². The Kier molecular flexibility index (Phi) is 4.92. The zero-order chi connectivity index (χ0) is 15.6. The largest absolute Gasteiger partial charge is 0.396 e. The van der Waals surface area contributed by atoms with Gasteiger partial charge in [-0.25, -0.2) is 12.8 Å². The molecule has 1 aliphatic heterocycles. The molecule has 1 aromatic carbocycles. The molecule has 3 N–H and O–H groups in total. The van der Waals surface area contributed by atoms with Crippen molar-refractivity contribution in [2.24, 2.45) is 11.7 Å². The number of hydrogen-bond donors (Lipinski definition) is 2. The van der Waals surface area contributed by atoms with E-state index in [1.165, 1.54) is 16.4 Å². The molecule has 0 aromatic heterocycles. The van der Waals surface area contributed by atoms with E-state index in [4.69, 9.17) is 23.1 Å². The first-order valence-corrected chi connectivity index (χ1v) is 8.42. The number of rotatable bonds is 5. The summed E-state index contributed by atoms with van der Waals surface area (Å²) in [6.07, 6.45) is 1.23. The summed E-state index contributed by atoms with van der Waals surface area (Å²) < 4.78 is 40.4. The van der Waals surface area contributed by atoms with E-state index in [1.807, 2.05) is 0 Å². The Hall–Kier alpha value is -1.09. The molecule has 116 valence electrons. The van der Waals surface area contributed by atoms with Crippen molar-refractivity contribution in [3.05, 3.63) is 29.6 Å². The van der Waals surface area contributed by atoms with E-state index in [2.05, 4.69) is 0 Å². The number of aliphatic hydroxyl groups is 1. The van der Waals surface area contributed by atoms with Gasteiger partial charge in [0.05, 0.1) is 10.5 Å². The lowest BCUT2D eigenvalue weighted by Crippen LogP contribution is -2.31. The monoisotopic (exact) mass is 332 g/mol. The average molecular weight is 332 g/mol. The lowest BCUT2D eigenvalue weighted by molar-refractivity contribution is 0.259. The van der Waals surface area contributed by atoms with Crippen molar-refractivity contribution in [2.75, 3.05) is 19.7 Å². The quantitative estimate of drug-likeness (QED) is 0.781.